The standard InChI is InChI=1S/C23H47NO/c1-6-9-12-16-21(17-13-10-7-2)22-23(20(4)15-11-8-3)25-19-14-18-24(22)5/h20-23H,6-19H2,1-5H3. The van der Waals surface area contributed by atoms with Gasteiger partial charge in [-0.25, -0.2) is 0 Å². The fourth-order valence-corrected chi connectivity index (χ4v) is 4.65. The number of unbranched alkanes of at least 4 members (excludes halogenated alkanes) is 5. The quantitative estimate of drug-likeness (QED) is 0.342. The molecule has 0 radical (unpaired) electrons. The van der Waals surface area contributed by atoms with E-state index in [0.717, 1.165) is 12.5 Å². The van der Waals surface area contributed by atoms with Gasteiger partial charge in [-0.2, -0.15) is 0 Å². The second kappa shape index (κ2) is 14.0. The van der Waals surface area contributed by atoms with E-state index in [4.69, 9.17) is 4.74 Å². The molecule has 0 saturated carbocycles. The van der Waals surface area contributed by atoms with Crippen LogP contribution in [-0.2, 0) is 4.74 Å². The van der Waals surface area contributed by atoms with Crippen LogP contribution in [-0.4, -0.2) is 37.2 Å². The molecule has 0 spiro atoms. The average Bonchev–Trinajstić information content (AvgIpc) is 2.80. The maximum atomic E-state index is 6.50. The summed E-state index contributed by atoms with van der Waals surface area (Å²) in [5.41, 5.74) is 0. The van der Waals surface area contributed by atoms with Gasteiger partial charge in [-0.3, -0.25) is 0 Å². The lowest BCUT2D eigenvalue weighted by atomic mass is 9.80. The largest absolute Gasteiger partial charge is 0.376 e. The Kier molecular flexibility index (Phi) is 12.9. The third-order valence-electron chi connectivity index (χ3n) is 6.22. The van der Waals surface area contributed by atoms with E-state index in [1.54, 1.807) is 0 Å². The van der Waals surface area contributed by atoms with Crippen molar-refractivity contribution in [3.8, 4) is 0 Å². The van der Waals surface area contributed by atoms with E-state index in [1.807, 2.05) is 0 Å². The minimum atomic E-state index is 0.437. The first kappa shape index (κ1) is 23.0. The summed E-state index contributed by atoms with van der Waals surface area (Å²) in [5, 5.41) is 0. The van der Waals surface area contributed by atoms with Crippen LogP contribution in [0.15, 0.2) is 0 Å². The Bertz CT molecular complexity index is 296. The monoisotopic (exact) mass is 353 g/mol. The molecule has 1 saturated heterocycles. The van der Waals surface area contributed by atoms with Crippen LogP contribution < -0.4 is 0 Å². The smallest absolute Gasteiger partial charge is 0.0758 e. The molecule has 1 heterocycles. The van der Waals surface area contributed by atoms with E-state index >= 15 is 0 Å². The van der Waals surface area contributed by atoms with Gasteiger partial charge in [0.1, 0.15) is 0 Å². The van der Waals surface area contributed by atoms with Crippen molar-refractivity contribution in [2.45, 2.75) is 117 Å². The number of hydrogen-bond donors (Lipinski definition) is 0. The van der Waals surface area contributed by atoms with E-state index < -0.39 is 0 Å². The summed E-state index contributed by atoms with van der Waals surface area (Å²) >= 11 is 0. The molecule has 0 aromatic carbocycles. The molecule has 0 aromatic heterocycles. The highest BCUT2D eigenvalue weighted by Gasteiger charge is 2.37. The fourth-order valence-electron chi connectivity index (χ4n) is 4.65. The van der Waals surface area contributed by atoms with E-state index in [9.17, 15) is 0 Å². The number of hydrogen-bond acceptors (Lipinski definition) is 2. The van der Waals surface area contributed by atoms with Crippen molar-refractivity contribution in [3.63, 3.8) is 0 Å². The van der Waals surface area contributed by atoms with Gasteiger partial charge in [0.15, 0.2) is 0 Å². The van der Waals surface area contributed by atoms with Crippen LogP contribution in [0, 0.1) is 11.8 Å². The van der Waals surface area contributed by atoms with Crippen molar-refractivity contribution in [3.05, 3.63) is 0 Å². The van der Waals surface area contributed by atoms with E-state index in [-0.39, 0.29) is 0 Å². The SMILES string of the molecule is CCCCCC(CCCCC)C1C(C(C)CCCC)OCCCN1C. The summed E-state index contributed by atoms with van der Waals surface area (Å²) in [6.45, 7) is 11.6. The molecule has 0 amide bonds. The van der Waals surface area contributed by atoms with Crippen LogP contribution in [0.1, 0.15) is 105 Å². The van der Waals surface area contributed by atoms with Crippen molar-refractivity contribution in [1.29, 1.82) is 0 Å². The predicted octanol–water partition coefficient (Wildman–Crippen LogP) is 6.68. The first-order chi connectivity index (χ1) is 12.2. The molecule has 2 nitrogen and oxygen atoms in total. The molecule has 0 bridgehead atoms. The highest BCUT2D eigenvalue weighted by molar-refractivity contribution is 4.89. The van der Waals surface area contributed by atoms with Crippen LogP contribution in [0.3, 0.4) is 0 Å². The minimum Gasteiger partial charge on any atom is -0.376 e. The molecule has 150 valence electrons. The van der Waals surface area contributed by atoms with Gasteiger partial charge in [0.05, 0.1) is 6.10 Å². The lowest BCUT2D eigenvalue weighted by Crippen LogP contribution is -2.49. The highest BCUT2D eigenvalue weighted by Crippen LogP contribution is 2.33. The Morgan fingerprint density at radius 2 is 1.48 bits per heavy atom. The summed E-state index contributed by atoms with van der Waals surface area (Å²) in [6.07, 6.45) is 16.6. The van der Waals surface area contributed by atoms with Gasteiger partial charge in [0.25, 0.3) is 0 Å². The van der Waals surface area contributed by atoms with E-state index in [0.29, 0.717) is 18.1 Å². The normalized spacial score (nSPS) is 23.8. The van der Waals surface area contributed by atoms with Crippen molar-refractivity contribution in [2.75, 3.05) is 20.2 Å². The van der Waals surface area contributed by atoms with Gasteiger partial charge in [-0.15, -0.1) is 0 Å². The van der Waals surface area contributed by atoms with Gasteiger partial charge in [-0.1, -0.05) is 79.1 Å². The van der Waals surface area contributed by atoms with Crippen molar-refractivity contribution in [1.82, 2.24) is 4.90 Å². The minimum absolute atomic E-state index is 0.437. The van der Waals surface area contributed by atoms with Crippen LogP contribution in [0.4, 0.5) is 0 Å². The molecular formula is C23H47NO. The zero-order valence-electron chi connectivity index (χ0n) is 18.1. The fraction of sp³-hybridized carbons (Fsp3) is 1.00. The van der Waals surface area contributed by atoms with E-state index in [2.05, 4.69) is 39.6 Å². The molecule has 3 atom stereocenters. The number of nitrogens with zero attached hydrogens (tertiary/aromatic N) is 1. The van der Waals surface area contributed by atoms with Gasteiger partial charge in [-0.05, 0) is 44.6 Å². The summed E-state index contributed by atoms with van der Waals surface area (Å²) < 4.78 is 6.50. The third-order valence-corrected chi connectivity index (χ3v) is 6.22. The zero-order chi connectivity index (χ0) is 18.5. The van der Waals surface area contributed by atoms with Crippen LogP contribution in [0.2, 0.25) is 0 Å². The molecule has 1 rings (SSSR count). The molecule has 0 aromatic rings. The van der Waals surface area contributed by atoms with Crippen molar-refractivity contribution in [2.24, 2.45) is 11.8 Å². The molecular weight excluding hydrogens is 306 g/mol. The highest BCUT2D eigenvalue weighted by atomic mass is 16.5. The summed E-state index contributed by atoms with van der Waals surface area (Å²) in [6, 6.07) is 0.628. The molecule has 3 unspecified atom stereocenters. The second-order valence-electron chi connectivity index (χ2n) is 8.53. The van der Waals surface area contributed by atoms with Gasteiger partial charge >= 0.3 is 0 Å². The number of rotatable bonds is 13. The Labute approximate surface area is 159 Å². The molecule has 25 heavy (non-hydrogen) atoms. The van der Waals surface area contributed by atoms with Crippen LogP contribution in [0.25, 0.3) is 0 Å². The third kappa shape index (κ3) is 8.43. The first-order valence-electron chi connectivity index (χ1n) is 11.5. The Hall–Kier alpha value is -0.0800. The van der Waals surface area contributed by atoms with Crippen LogP contribution >= 0.6 is 0 Å². The molecule has 1 fully saturated rings. The maximum absolute atomic E-state index is 6.50. The number of likely N-dealkylation sites (N-methyl/N-ethyl adjacent to an activating group) is 1. The lowest BCUT2D eigenvalue weighted by Gasteiger charge is -2.40. The average molecular weight is 354 g/mol. The number of ether oxygens (including phenoxy) is 1. The second-order valence-corrected chi connectivity index (χ2v) is 8.53. The predicted molar refractivity (Wildman–Crippen MR) is 111 cm³/mol. The molecule has 1 aliphatic rings. The molecule has 0 aliphatic carbocycles. The van der Waals surface area contributed by atoms with Gasteiger partial charge < -0.3 is 9.64 Å². The Morgan fingerprint density at radius 1 is 0.880 bits per heavy atom. The van der Waals surface area contributed by atoms with Crippen molar-refractivity contribution < 1.29 is 4.74 Å². The molecule has 1 aliphatic heterocycles. The summed E-state index contributed by atoms with van der Waals surface area (Å²) in [5.74, 6) is 1.50. The van der Waals surface area contributed by atoms with Crippen molar-refractivity contribution >= 4 is 0 Å². The lowest BCUT2D eigenvalue weighted by molar-refractivity contribution is -0.0381. The Morgan fingerprint density at radius 3 is 2.04 bits per heavy atom. The van der Waals surface area contributed by atoms with Crippen LogP contribution in [0.5, 0.6) is 0 Å². The van der Waals surface area contributed by atoms with Gasteiger partial charge in [0, 0.05) is 19.2 Å². The maximum Gasteiger partial charge on any atom is 0.0758 e. The molecule has 0 N–H and O–H groups in total. The first-order valence-corrected chi connectivity index (χ1v) is 11.5. The van der Waals surface area contributed by atoms with Gasteiger partial charge in [0.2, 0.25) is 0 Å². The topological polar surface area (TPSA) is 12.5 Å². The summed E-state index contributed by atoms with van der Waals surface area (Å²) in [7, 11) is 2.37. The van der Waals surface area contributed by atoms with E-state index in [1.165, 1.54) is 83.6 Å². The molecule has 2 heteroatoms. The Balaban J connectivity index is 2.85. The summed E-state index contributed by atoms with van der Waals surface area (Å²) in [4.78, 5) is 2.67. The zero-order valence-corrected chi connectivity index (χ0v) is 18.1.